The summed E-state index contributed by atoms with van der Waals surface area (Å²) in [4.78, 5) is 2.42. The minimum atomic E-state index is -3.82. The molecule has 7 heteroatoms. The third kappa shape index (κ3) is 3.40. The standard InChI is InChI=1S/C30H30N2O4S/c1-5-35-21-14-16-22(17-15-21)37(33,34)31-26-18-20-19-30(36-28(20)24-11-7-6-10-23(24)26)29(2,3)25-12-8-9-13-27(25)32(30)4/h6-18,31H,5,19H2,1-4H3. The van der Waals surface area contributed by atoms with Crippen molar-refractivity contribution in [1.29, 1.82) is 0 Å². The van der Waals surface area contributed by atoms with E-state index in [-0.39, 0.29) is 10.3 Å². The number of hydrogen-bond acceptors (Lipinski definition) is 5. The Kier molecular flexibility index (Phi) is 5.21. The third-order valence-electron chi connectivity index (χ3n) is 7.92. The molecule has 0 aliphatic carbocycles. The zero-order chi connectivity index (χ0) is 26.0. The highest BCUT2D eigenvalue weighted by molar-refractivity contribution is 7.92. The van der Waals surface area contributed by atoms with E-state index < -0.39 is 15.7 Å². The molecule has 0 aromatic heterocycles. The van der Waals surface area contributed by atoms with Crippen molar-refractivity contribution in [3.8, 4) is 11.5 Å². The number of para-hydroxylation sites is 1. The van der Waals surface area contributed by atoms with Gasteiger partial charge in [0, 0.05) is 35.5 Å². The number of likely N-dealkylation sites (N-methyl/N-ethyl adjacent to an activating group) is 1. The van der Waals surface area contributed by atoms with Crippen molar-refractivity contribution in [1.82, 2.24) is 0 Å². The van der Waals surface area contributed by atoms with Gasteiger partial charge in [-0.15, -0.1) is 0 Å². The second-order valence-electron chi connectivity index (χ2n) is 10.2. The third-order valence-corrected chi connectivity index (χ3v) is 9.30. The van der Waals surface area contributed by atoms with Crippen molar-refractivity contribution < 1.29 is 17.9 Å². The second kappa shape index (κ2) is 8.15. The smallest absolute Gasteiger partial charge is 0.261 e. The lowest BCUT2D eigenvalue weighted by Gasteiger charge is -2.42. The Morgan fingerprint density at radius 1 is 0.973 bits per heavy atom. The van der Waals surface area contributed by atoms with Crippen LogP contribution in [-0.2, 0) is 21.9 Å². The number of nitrogens with zero attached hydrogens (tertiary/aromatic N) is 1. The molecule has 0 saturated heterocycles. The number of fused-ring (bicyclic) bond motifs is 4. The SMILES string of the molecule is CCOc1ccc(S(=O)(=O)Nc2cc3c(c4ccccc24)OC2(C3)N(C)c3ccccc3C2(C)C)cc1. The highest BCUT2D eigenvalue weighted by atomic mass is 32.2. The molecule has 2 aliphatic rings. The number of sulfonamides is 1. The van der Waals surface area contributed by atoms with Gasteiger partial charge in [-0.25, -0.2) is 8.42 Å². The fourth-order valence-corrected chi connectivity index (χ4v) is 7.02. The largest absolute Gasteiger partial charge is 0.494 e. The van der Waals surface area contributed by atoms with Gasteiger partial charge in [0.05, 0.1) is 22.6 Å². The van der Waals surface area contributed by atoms with Crippen LogP contribution in [0.3, 0.4) is 0 Å². The Morgan fingerprint density at radius 3 is 2.35 bits per heavy atom. The maximum atomic E-state index is 13.4. The molecule has 0 amide bonds. The van der Waals surface area contributed by atoms with Gasteiger partial charge >= 0.3 is 0 Å². The first-order valence-electron chi connectivity index (χ1n) is 12.5. The molecule has 6 nitrogen and oxygen atoms in total. The van der Waals surface area contributed by atoms with Crippen LogP contribution in [0.5, 0.6) is 11.5 Å². The number of hydrogen-bond donors (Lipinski definition) is 1. The molecule has 0 bridgehead atoms. The van der Waals surface area contributed by atoms with E-state index in [4.69, 9.17) is 9.47 Å². The summed E-state index contributed by atoms with van der Waals surface area (Å²) in [6, 6.07) is 24.6. The number of nitrogens with one attached hydrogen (secondary N) is 1. The first-order valence-corrected chi connectivity index (χ1v) is 14.0. The predicted molar refractivity (Wildman–Crippen MR) is 147 cm³/mol. The first kappa shape index (κ1) is 23.7. The highest BCUT2D eigenvalue weighted by Crippen LogP contribution is 2.57. The van der Waals surface area contributed by atoms with Crippen LogP contribution < -0.4 is 19.1 Å². The van der Waals surface area contributed by atoms with E-state index in [2.05, 4.69) is 54.8 Å². The Balaban J connectivity index is 1.43. The van der Waals surface area contributed by atoms with E-state index >= 15 is 0 Å². The van der Waals surface area contributed by atoms with Crippen molar-refractivity contribution in [3.63, 3.8) is 0 Å². The van der Waals surface area contributed by atoms with Crippen molar-refractivity contribution in [2.75, 3.05) is 23.3 Å². The van der Waals surface area contributed by atoms with E-state index in [1.54, 1.807) is 24.3 Å². The van der Waals surface area contributed by atoms with Crippen LogP contribution in [0.4, 0.5) is 11.4 Å². The molecule has 1 N–H and O–H groups in total. The molecular formula is C30H30N2O4S. The highest BCUT2D eigenvalue weighted by Gasteiger charge is 2.60. The maximum absolute atomic E-state index is 13.4. The van der Waals surface area contributed by atoms with Gasteiger partial charge in [-0.3, -0.25) is 4.72 Å². The van der Waals surface area contributed by atoms with Crippen LogP contribution in [0, 0.1) is 0 Å². The Labute approximate surface area is 217 Å². The summed E-state index contributed by atoms with van der Waals surface area (Å²) in [6.07, 6.45) is 0.628. The minimum absolute atomic E-state index is 0.181. The van der Waals surface area contributed by atoms with Gasteiger partial charge < -0.3 is 14.4 Å². The molecule has 4 aromatic rings. The summed E-state index contributed by atoms with van der Waals surface area (Å²) < 4.78 is 42.0. The van der Waals surface area contributed by atoms with Gasteiger partial charge in [0.1, 0.15) is 11.5 Å². The van der Waals surface area contributed by atoms with E-state index in [1.165, 1.54) is 5.56 Å². The average Bonchev–Trinajstić information content (AvgIpc) is 3.36. The van der Waals surface area contributed by atoms with Crippen LogP contribution >= 0.6 is 0 Å². The summed E-state index contributed by atoms with van der Waals surface area (Å²) in [7, 11) is -1.73. The lowest BCUT2D eigenvalue weighted by atomic mass is 9.76. The molecule has 2 aliphatic heterocycles. The molecule has 4 aromatic carbocycles. The number of rotatable bonds is 5. The summed E-state index contributed by atoms with van der Waals surface area (Å²) in [5.41, 5.74) is 3.01. The minimum Gasteiger partial charge on any atom is -0.494 e. The van der Waals surface area contributed by atoms with Gasteiger partial charge in [-0.2, -0.15) is 0 Å². The molecule has 0 fully saturated rings. The monoisotopic (exact) mass is 514 g/mol. The Hall–Kier alpha value is -3.71. The van der Waals surface area contributed by atoms with Gasteiger partial charge in [-0.05, 0) is 62.7 Å². The van der Waals surface area contributed by atoms with Crippen molar-refractivity contribution in [2.45, 2.75) is 43.2 Å². The molecule has 0 saturated carbocycles. The number of ether oxygens (including phenoxy) is 2. The van der Waals surface area contributed by atoms with Gasteiger partial charge in [0.15, 0.2) is 5.72 Å². The fourth-order valence-electron chi connectivity index (χ4n) is 5.95. The molecular weight excluding hydrogens is 484 g/mol. The van der Waals surface area contributed by atoms with E-state index in [0.29, 0.717) is 24.5 Å². The Morgan fingerprint density at radius 2 is 1.65 bits per heavy atom. The topological polar surface area (TPSA) is 67.9 Å². The normalized spacial score (nSPS) is 19.5. The first-order chi connectivity index (χ1) is 17.7. The van der Waals surface area contributed by atoms with Crippen molar-refractivity contribution in [3.05, 3.63) is 90.0 Å². The summed E-state index contributed by atoms with van der Waals surface area (Å²) in [6.45, 7) is 6.85. The lowest BCUT2D eigenvalue weighted by molar-refractivity contribution is 0.0362. The molecule has 2 heterocycles. The van der Waals surface area contributed by atoms with Gasteiger partial charge in [0.2, 0.25) is 0 Å². The van der Waals surface area contributed by atoms with Gasteiger partial charge in [0.25, 0.3) is 10.0 Å². The molecule has 0 radical (unpaired) electrons. The molecule has 1 atom stereocenters. The summed E-state index contributed by atoms with van der Waals surface area (Å²) >= 11 is 0. The molecule has 37 heavy (non-hydrogen) atoms. The quantitative estimate of drug-likeness (QED) is 0.349. The van der Waals surface area contributed by atoms with E-state index in [0.717, 1.165) is 27.8 Å². The van der Waals surface area contributed by atoms with Crippen LogP contribution in [0.15, 0.2) is 83.8 Å². The molecule has 1 unspecified atom stereocenters. The predicted octanol–water partition coefficient (Wildman–Crippen LogP) is 6.10. The molecule has 1 spiro atoms. The maximum Gasteiger partial charge on any atom is 0.261 e. The van der Waals surface area contributed by atoms with E-state index in [1.807, 2.05) is 37.3 Å². The van der Waals surface area contributed by atoms with E-state index in [9.17, 15) is 8.42 Å². The Bertz CT molecular complexity index is 1630. The van der Waals surface area contributed by atoms with Crippen molar-refractivity contribution in [2.24, 2.45) is 0 Å². The second-order valence-corrected chi connectivity index (χ2v) is 11.9. The summed E-state index contributed by atoms with van der Waals surface area (Å²) in [5.74, 6) is 1.45. The van der Waals surface area contributed by atoms with Crippen LogP contribution in [0.2, 0.25) is 0 Å². The zero-order valence-corrected chi connectivity index (χ0v) is 22.2. The average molecular weight is 515 g/mol. The number of benzene rings is 4. The van der Waals surface area contributed by atoms with Crippen molar-refractivity contribution >= 4 is 32.2 Å². The summed E-state index contributed by atoms with van der Waals surface area (Å²) in [5, 5.41) is 1.69. The fraction of sp³-hybridized carbons (Fsp3) is 0.267. The lowest BCUT2D eigenvalue weighted by Crippen LogP contribution is -2.58. The molecule has 190 valence electrons. The number of anilines is 2. The van der Waals surface area contributed by atoms with Gasteiger partial charge in [-0.1, -0.05) is 42.5 Å². The van der Waals surface area contributed by atoms with Crippen LogP contribution in [-0.4, -0.2) is 27.8 Å². The van der Waals surface area contributed by atoms with Crippen LogP contribution in [0.1, 0.15) is 31.9 Å². The van der Waals surface area contributed by atoms with Crippen LogP contribution in [0.25, 0.3) is 10.8 Å². The molecule has 6 rings (SSSR count). The zero-order valence-electron chi connectivity index (χ0n) is 21.4.